The second-order valence-electron chi connectivity index (χ2n) is 5.24. The minimum Gasteiger partial charge on any atom is -0.360 e. The molecule has 0 bridgehead atoms. The fourth-order valence-corrected chi connectivity index (χ4v) is 2.70. The van der Waals surface area contributed by atoms with Crippen molar-refractivity contribution in [2.24, 2.45) is 5.92 Å². The molecule has 0 radical (unpaired) electrons. The molecule has 1 N–H and O–H groups in total. The van der Waals surface area contributed by atoms with Gasteiger partial charge in [0.2, 0.25) is 0 Å². The molecule has 1 fully saturated rings. The van der Waals surface area contributed by atoms with Crippen LogP contribution in [0.25, 0.3) is 0 Å². The maximum Gasteiger partial charge on any atom is 0.151 e. The van der Waals surface area contributed by atoms with Gasteiger partial charge in [0.1, 0.15) is 0 Å². The van der Waals surface area contributed by atoms with Crippen molar-refractivity contribution >= 4 is 0 Å². The SMILES string of the molecule is CNCc1cc(CN2CCCC2C(C)C)on1. The van der Waals surface area contributed by atoms with Crippen LogP contribution in [0.5, 0.6) is 0 Å². The van der Waals surface area contributed by atoms with Crippen molar-refractivity contribution in [2.45, 2.75) is 45.8 Å². The summed E-state index contributed by atoms with van der Waals surface area (Å²) in [5.74, 6) is 1.71. The van der Waals surface area contributed by atoms with E-state index in [1.54, 1.807) is 0 Å². The maximum atomic E-state index is 5.38. The Labute approximate surface area is 103 Å². The fourth-order valence-electron chi connectivity index (χ4n) is 2.70. The third kappa shape index (κ3) is 3.07. The van der Waals surface area contributed by atoms with Gasteiger partial charge in [0.05, 0.1) is 12.2 Å². The lowest BCUT2D eigenvalue weighted by Crippen LogP contribution is -2.32. The first kappa shape index (κ1) is 12.6. The predicted molar refractivity (Wildman–Crippen MR) is 67.5 cm³/mol. The molecule has 2 rings (SSSR count). The lowest BCUT2D eigenvalue weighted by Gasteiger charge is -2.26. The highest BCUT2D eigenvalue weighted by Crippen LogP contribution is 2.25. The Bertz CT molecular complexity index is 348. The van der Waals surface area contributed by atoms with E-state index >= 15 is 0 Å². The van der Waals surface area contributed by atoms with Crippen molar-refractivity contribution < 1.29 is 4.52 Å². The van der Waals surface area contributed by atoms with Crippen LogP contribution in [0.2, 0.25) is 0 Å². The lowest BCUT2D eigenvalue weighted by atomic mass is 10.0. The molecule has 17 heavy (non-hydrogen) atoms. The van der Waals surface area contributed by atoms with Crippen LogP contribution in [-0.4, -0.2) is 29.7 Å². The zero-order valence-electron chi connectivity index (χ0n) is 11.1. The van der Waals surface area contributed by atoms with E-state index in [4.69, 9.17) is 4.52 Å². The van der Waals surface area contributed by atoms with E-state index in [0.717, 1.165) is 30.5 Å². The first-order valence-corrected chi connectivity index (χ1v) is 6.54. The molecule has 1 aliphatic heterocycles. The zero-order chi connectivity index (χ0) is 12.3. The van der Waals surface area contributed by atoms with Gasteiger partial charge in [-0.2, -0.15) is 0 Å². The third-order valence-electron chi connectivity index (χ3n) is 3.51. The molecule has 1 aliphatic rings. The summed E-state index contributed by atoms with van der Waals surface area (Å²) in [6.07, 6.45) is 2.62. The van der Waals surface area contributed by atoms with Crippen LogP contribution in [0, 0.1) is 5.92 Å². The normalized spacial score (nSPS) is 21.5. The molecule has 0 saturated carbocycles. The summed E-state index contributed by atoms with van der Waals surface area (Å²) in [6, 6.07) is 2.76. The Kier molecular flexibility index (Phi) is 4.18. The number of likely N-dealkylation sites (tertiary alicyclic amines) is 1. The van der Waals surface area contributed by atoms with E-state index in [-0.39, 0.29) is 0 Å². The molecule has 4 heteroatoms. The Morgan fingerprint density at radius 2 is 2.41 bits per heavy atom. The van der Waals surface area contributed by atoms with Crippen LogP contribution in [0.4, 0.5) is 0 Å². The highest BCUT2D eigenvalue weighted by molar-refractivity contribution is 5.05. The summed E-state index contributed by atoms with van der Waals surface area (Å²) in [5, 5.41) is 7.14. The van der Waals surface area contributed by atoms with Gasteiger partial charge in [-0.3, -0.25) is 4.90 Å². The quantitative estimate of drug-likeness (QED) is 0.850. The second kappa shape index (κ2) is 5.65. The van der Waals surface area contributed by atoms with E-state index in [2.05, 4.69) is 35.3 Å². The molecule has 96 valence electrons. The summed E-state index contributed by atoms with van der Waals surface area (Å²) in [4.78, 5) is 2.52. The molecule has 0 aliphatic carbocycles. The zero-order valence-corrected chi connectivity index (χ0v) is 11.1. The second-order valence-corrected chi connectivity index (χ2v) is 5.24. The predicted octanol–water partition coefficient (Wildman–Crippen LogP) is 2.01. The van der Waals surface area contributed by atoms with Gasteiger partial charge in [-0.15, -0.1) is 0 Å². The maximum absolute atomic E-state index is 5.38. The molecule has 1 unspecified atom stereocenters. The molecule has 1 atom stereocenters. The molecular weight excluding hydrogens is 214 g/mol. The van der Waals surface area contributed by atoms with Gasteiger partial charge < -0.3 is 9.84 Å². The Morgan fingerprint density at radius 3 is 3.12 bits per heavy atom. The monoisotopic (exact) mass is 237 g/mol. The number of nitrogens with zero attached hydrogens (tertiary/aromatic N) is 2. The van der Waals surface area contributed by atoms with Crippen molar-refractivity contribution in [3.05, 3.63) is 17.5 Å². The average molecular weight is 237 g/mol. The Balaban J connectivity index is 1.95. The first-order chi connectivity index (χ1) is 8.20. The van der Waals surface area contributed by atoms with Crippen molar-refractivity contribution in [3.63, 3.8) is 0 Å². The van der Waals surface area contributed by atoms with E-state index in [0.29, 0.717) is 6.04 Å². The minimum atomic E-state index is 0.702. The highest BCUT2D eigenvalue weighted by atomic mass is 16.5. The van der Waals surface area contributed by atoms with Crippen LogP contribution >= 0.6 is 0 Å². The first-order valence-electron chi connectivity index (χ1n) is 6.54. The van der Waals surface area contributed by atoms with Crippen LogP contribution in [0.3, 0.4) is 0 Å². The number of rotatable bonds is 5. The standard InChI is InChI=1S/C13H23N3O/c1-10(2)13-5-4-6-16(13)9-12-7-11(8-14-3)15-17-12/h7,10,13-14H,4-6,8-9H2,1-3H3. The number of hydrogen-bond donors (Lipinski definition) is 1. The van der Waals surface area contributed by atoms with Crippen LogP contribution in [0.15, 0.2) is 10.6 Å². The van der Waals surface area contributed by atoms with E-state index in [1.807, 2.05) is 7.05 Å². The van der Waals surface area contributed by atoms with Gasteiger partial charge in [-0.05, 0) is 32.4 Å². The van der Waals surface area contributed by atoms with E-state index < -0.39 is 0 Å². The van der Waals surface area contributed by atoms with E-state index in [9.17, 15) is 0 Å². The molecule has 0 spiro atoms. The summed E-state index contributed by atoms with van der Waals surface area (Å²) in [6.45, 7) is 7.47. The van der Waals surface area contributed by atoms with Crippen molar-refractivity contribution in [2.75, 3.05) is 13.6 Å². The van der Waals surface area contributed by atoms with Gasteiger partial charge in [-0.1, -0.05) is 19.0 Å². The lowest BCUT2D eigenvalue weighted by molar-refractivity contribution is 0.178. The van der Waals surface area contributed by atoms with Crippen molar-refractivity contribution in [1.82, 2.24) is 15.4 Å². The Hall–Kier alpha value is -0.870. The number of aromatic nitrogens is 1. The molecule has 1 saturated heterocycles. The highest BCUT2D eigenvalue weighted by Gasteiger charge is 2.27. The van der Waals surface area contributed by atoms with Gasteiger partial charge in [-0.25, -0.2) is 0 Å². The Morgan fingerprint density at radius 1 is 1.59 bits per heavy atom. The van der Waals surface area contributed by atoms with Gasteiger partial charge in [0.25, 0.3) is 0 Å². The minimum absolute atomic E-state index is 0.702. The fraction of sp³-hybridized carbons (Fsp3) is 0.769. The van der Waals surface area contributed by atoms with Crippen molar-refractivity contribution in [3.8, 4) is 0 Å². The molecule has 1 aromatic heterocycles. The largest absolute Gasteiger partial charge is 0.360 e. The topological polar surface area (TPSA) is 41.3 Å². The summed E-state index contributed by atoms with van der Waals surface area (Å²) < 4.78 is 5.38. The van der Waals surface area contributed by atoms with Gasteiger partial charge >= 0.3 is 0 Å². The smallest absolute Gasteiger partial charge is 0.151 e. The van der Waals surface area contributed by atoms with Crippen LogP contribution in [0.1, 0.15) is 38.1 Å². The number of hydrogen-bond acceptors (Lipinski definition) is 4. The number of nitrogens with one attached hydrogen (secondary N) is 1. The van der Waals surface area contributed by atoms with Gasteiger partial charge in [0.15, 0.2) is 5.76 Å². The van der Waals surface area contributed by atoms with Crippen LogP contribution in [-0.2, 0) is 13.1 Å². The molecule has 0 amide bonds. The molecule has 4 nitrogen and oxygen atoms in total. The molecule has 1 aromatic rings. The summed E-state index contributed by atoms with van der Waals surface area (Å²) in [7, 11) is 1.92. The molecule has 2 heterocycles. The van der Waals surface area contributed by atoms with Crippen LogP contribution < -0.4 is 5.32 Å². The average Bonchev–Trinajstić information content (AvgIpc) is 2.89. The van der Waals surface area contributed by atoms with E-state index in [1.165, 1.54) is 19.4 Å². The van der Waals surface area contributed by atoms with Gasteiger partial charge in [0, 0.05) is 18.7 Å². The third-order valence-corrected chi connectivity index (χ3v) is 3.51. The molecule has 0 aromatic carbocycles. The molecular formula is C13H23N3O. The van der Waals surface area contributed by atoms with Crippen molar-refractivity contribution in [1.29, 1.82) is 0 Å². The summed E-state index contributed by atoms with van der Waals surface area (Å²) in [5.41, 5.74) is 0.989. The summed E-state index contributed by atoms with van der Waals surface area (Å²) >= 11 is 0.